The van der Waals surface area contributed by atoms with Gasteiger partial charge in [0.25, 0.3) is 5.91 Å². The molecule has 0 aliphatic heterocycles. The van der Waals surface area contributed by atoms with Gasteiger partial charge in [0.05, 0.1) is 12.6 Å². The van der Waals surface area contributed by atoms with Crippen molar-refractivity contribution in [3.8, 4) is 0 Å². The van der Waals surface area contributed by atoms with Gasteiger partial charge < -0.3 is 15.7 Å². The smallest absolute Gasteiger partial charge is 0.251 e. The number of carbonyl (C=O) groups excluding carboxylic acids is 2. The lowest BCUT2D eigenvalue weighted by molar-refractivity contribution is -0.121. The molecule has 1 unspecified atom stereocenters. The fraction of sp³-hybridized carbons (Fsp3) is 0.222. The lowest BCUT2D eigenvalue weighted by Gasteiger charge is -2.18. The summed E-state index contributed by atoms with van der Waals surface area (Å²) in [5, 5.41) is 14.2. The Balaban J connectivity index is 1.92. The molecule has 3 N–H and O–H groups in total. The number of hydrogen-bond acceptors (Lipinski definition) is 3. The van der Waals surface area contributed by atoms with Crippen molar-refractivity contribution in [2.75, 3.05) is 13.2 Å². The Morgan fingerprint density at radius 1 is 1.04 bits per heavy atom. The molecule has 0 radical (unpaired) electrons. The van der Waals surface area contributed by atoms with E-state index in [2.05, 4.69) is 10.6 Å². The summed E-state index contributed by atoms with van der Waals surface area (Å²) in [6.07, 6.45) is 0.326. The highest BCUT2D eigenvalue weighted by Gasteiger charge is 2.15. The first kappa shape index (κ1) is 18.5. The number of rotatable bonds is 7. The van der Waals surface area contributed by atoms with E-state index in [9.17, 15) is 18.4 Å². The van der Waals surface area contributed by atoms with Crippen molar-refractivity contribution < 1.29 is 23.5 Å². The summed E-state index contributed by atoms with van der Waals surface area (Å²) >= 11 is 0. The van der Waals surface area contributed by atoms with Crippen LogP contribution in [0.5, 0.6) is 0 Å². The van der Waals surface area contributed by atoms with Crippen LogP contribution in [0.25, 0.3) is 0 Å². The van der Waals surface area contributed by atoms with Crippen LogP contribution in [0, 0.1) is 11.6 Å². The third kappa shape index (κ3) is 5.36. The third-order valence-corrected chi connectivity index (χ3v) is 3.55. The predicted octanol–water partition coefficient (Wildman–Crippen LogP) is 1.93. The maximum atomic E-state index is 13.1. The predicted molar refractivity (Wildman–Crippen MR) is 87.7 cm³/mol. The third-order valence-electron chi connectivity index (χ3n) is 3.55. The zero-order chi connectivity index (χ0) is 18.2. The van der Waals surface area contributed by atoms with Crippen molar-refractivity contribution in [2.24, 2.45) is 0 Å². The molecular formula is C18H18F2N2O3. The van der Waals surface area contributed by atoms with E-state index < -0.39 is 23.4 Å². The molecule has 0 aliphatic rings. The molecule has 2 rings (SSSR count). The summed E-state index contributed by atoms with van der Waals surface area (Å²) < 4.78 is 26.0. The van der Waals surface area contributed by atoms with E-state index in [0.717, 1.165) is 23.8 Å². The summed E-state index contributed by atoms with van der Waals surface area (Å²) in [6, 6.07) is 11.5. The number of aliphatic hydroxyl groups excluding tert-OH is 1. The van der Waals surface area contributed by atoms with Gasteiger partial charge in [0.2, 0.25) is 5.91 Å². The molecule has 132 valence electrons. The van der Waals surface area contributed by atoms with Crippen LogP contribution in [-0.2, 0) is 4.79 Å². The zero-order valence-electron chi connectivity index (χ0n) is 13.3. The molecule has 0 saturated heterocycles. The molecule has 0 aromatic heterocycles. The van der Waals surface area contributed by atoms with Gasteiger partial charge in [-0.2, -0.15) is 0 Å². The fourth-order valence-electron chi connectivity index (χ4n) is 2.28. The number of benzene rings is 2. The summed E-state index contributed by atoms with van der Waals surface area (Å²) in [6.45, 7) is -0.437. The molecule has 25 heavy (non-hydrogen) atoms. The first-order chi connectivity index (χ1) is 12.0. The lowest BCUT2D eigenvalue weighted by atomic mass is 10.0. The van der Waals surface area contributed by atoms with Crippen molar-refractivity contribution in [1.82, 2.24) is 10.6 Å². The first-order valence-corrected chi connectivity index (χ1v) is 7.69. The Morgan fingerprint density at radius 3 is 2.40 bits per heavy atom. The number of halogens is 2. The average Bonchev–Trinajstić information content (AvgIpc) is 2.62. The molecule has 0 fully saturated rings. The van der Waals surface area contributed by atoms with Gasteiger partial charge in [-0.3, -0.25) is 9.59 Å². The Labute approximate surface area is 143 Å². The molecule has 0 saturated carbocycles. The zero-order valence-corrected chi connectivity index (χ0v) is 13.3. The van der Waals surface area contributed by atoms with Crippen LogP contribution in [0.4, 0.5) is 8.78 Å². The lowest BCUT2D eigenvalue weighted by Crippen LogP contribution is -2.39. The second-order valence-corrected chi connectivity index (χ2v) is 5.35. The largest absolute Gasteiger partial charge is 0.396 e. The molecule has 0 bridgehead atoms. The van der Waals surface area contributed by atoms with Crippen molar-refractivity contribution in [2.45, 2.75) is 12.5 Å². The number of aliphatic hydroxyl groups is 1. The van der Waals surface area contributed by atoms with E-state index in [1.54, 1.807) is 0 Å². The quantitative estimate of drug-likeness (QED) is 0.715. The summed E-state index contributed by atoms with van der Waals surface area (Å²) in [7, 11) is 0. The van der Waals surface area contributed by atoms with Gasteiger partial charge in [-0.25, -0.2) is 8.78 Å². The molecular weight excluding hydrogens is 330 g/mol. The molecule has 0 aliphatic carbocycles. The second-order valence-electron chi connectivity index (χ2n) is 5.35. The van der Waals surface area contributed by atoms with Gasteiger partial charge in [-0.1, -0.05) is 30.3 Å². The van der Waals surface area contributed by atoms with Gasteiger partial charge in [0.15, 0.2) is 11.6 Å². The van der Waals surface area contributed by atoms with E-state index in [1.807, 2.05) is 30.3 Å². The molecule has 7 heteroatoms. The van der Waals surface area contributed by atoms with E-state index in [1.165, 1.54) is 0 Å². The van der Waals surface area contributed by atoms with Gasteiger partial charge >= 0.3 is 0 Å². The van der Waals surface area contributed by atoms with Crippen molar-refractivity contribution in [1.29, 1.82) is 0 Å². The standard InChI is InChI=1S/C18H18F2N2O3/c19-14-7-6-13(10-15(14)20)18(25)21-11-17(24)22-16(8-9-23)12-4-2-1-3-5-12/h1-7,10,16,23H,8-9,11H2,(H,21,25)(H,22,24). The van der Waals surface area contributed by atoms with Crippen molar-refractivity contribution in [3.63, 3.8) is 0 Å². The minimum absolute atomic E-state index is 0.0818. The van der Waals surface area contributed by atoms with E-state index in [0.29, 0.717) is 6.42 Å². The molecule has 0 spiro atoms. The topological polar surface area (TPSA) is 78.4 Å². The van der Waals surface area contributed by atoms with Crippen molar-refractivity contribution in [3.05, 3.63) is 71.3 Å². The van der Waals surface area contributed by atoms with Gasteiger partial charge in [-0.05, 0) is 30.2 Å². The van der Waals surface area contributed by atoms with Crippen LogP contribution in [-0.4, -0.2) is 30.1 Å². The van der Waals surface area contributed by atoms with Crippen molar-refractivity contribution >= 4 is 11.8 Å². The fourth-order valence-corrected chi connectivity index (χ4v) is 2.28. The first-order valence-electron chi connectivity index (χ1n) is 7.69. The maximum absolute atomic E-state index is 13.1. The molecule has 2 aromatic rings. The summed E-state index contributed by atoms with van der Waals surface area (Å²) in [4.78, 5) is 23.9. The number of nitrogens with one attached hydrogen (secondary N) is 2. The van der Waals surface area contributed by atoms with Gasteiger partial charge in [-0.15, -0.1) is 0 Å². The maximum Gasteiger partial charge on any atom is 0.251 e. The van der Waals surface area contributed by atoms with E-state index in [4.69, 9.17) is 5.11 Å². The van der Waals surface area contributed by atoms with Crippen LogP contribution in [0.3, 0.4) is 0 Å². The molecule has 5 nitrogen and oxygen atoms in total. The van der Waals surface area contributed by atoms with E-state index >= 15 is 0 Å². The monoisotopic (exact) mass is 348 g/mol. The summed E-state index contributed by atoms with van der Waals surface area (Å²) in [5.41, 5.74) is 0.749. The number of carbonyl (C=O) groups is 2. The Bertz CT molecular complexity index is 738. The van der Waals surface area contributed by atoms with Crippen LogP contribution < -0.4 is 10.6 Å². The second kappa shape index (κ2) is 8.89. The molecule has 0 heterocycles. The van der Waals surface area contributed by atoms with Crippen LogP contribution >= 0.6 is 0 Å². The van der Waals surface area contributed by atoms with Crippen LogP contribution in [0.2, 0.25) is 0 Å². The van der Waals surface area contributed by atoms with Crippen LogP contribution in [0.1, 0.15) is 28.4 Å². The molecule has 2 amide bonds. The SMILES string of the molecule is O=C(CNC(=O)c1ccc(F)c(F)c1)NC(CCO)c1ccccc1. The highest BCUT2D eigenvalue weighted by molar-refractivity contribution is 5.96. The Hall–Kier alpha value is -2.80. The Kier molecular flexibility index (Phi) is 6.59. The molecule has 1 atom stereocenters. The van der Waals surface area contributed by atoms with E-state index in [-0.39, 0.29) is 24.8 Å². The van der Waals surface area contributed by atoms with Gasteiger partial charge in [0, 0.05) is 12.2 Å². The van der Waals surface area contributed by atoms with Crippen LogP contribution in [0.15, 0.2) is 48.5 Å². The summed E-state index contributed by atoms with van der Waals surface area (Å²) in [5.74, 6) is -3.33. The minimum atomic E-state index is -1.14. The van der Waals surface area contributed by atoms with Gasteiger partial charge in [0.1, 0.15) is 0 Å². The highest BCUT2D eigenvalue weighted by atomic mass is 19.2. The number of hydrogen-bond donors (Lipinski definition) is 3. The Morgan fingerprint density at radius 2 is 1.76 bits per heavy atom. The minimum Gasteiger partial charge on any atom is -0.396 e. The highest BCUT2D eigenvalue weighted by Crippen LogP contribution is 2.15. The number of amides is 2. The normalized spacial score (nSPS) is 11.6. The average molecular weight is 348 g/mol. The molecule has 2 aromatic carbocycles.